The fourth-order valence-electron chi connectivity index (χ4n) is 1.55. The van der Waals surface area contributed by atoms with Crippen LogP contribution in [0.1, 0.15) is 15.9 Å². The summed E-state index contributed by atoms with van der Waals surface area (Å²) in [6, 6.07) is 9.93. The van der Waals surface area contributed by atoms with Crippen molar-refractivity contribution in [2.24, 2.45) is 0 Å². The van der Waals surface area contributed by atoms with E-state index in [4.69, 9.17) is 28.5 Å². The van der Waals surface area contributed by atoms with Crippen LogP contribution in [0.4, 0.5) is 10.1 Å². The predicted molar refractivity (Wildman–Crippen MR) is 75.5 cm³/mol. The van der Waals surface area contributed by atoms with Crippen molar-refractivity contribution in [2.75, 3.05) is 5.32 Å². The number of hydrogen-bond acceptors (Lipinski definition) is 2. The molecule has 0 heterocycles. The van der Waals surface area contributed by atoms with E-state index in [9.17, 15) is 9.18 Å². The third-order valence-electron chi connectivity index (χ3n) is 2.52. The number of benzene rings is 2. The quantitative estimate of drug-likeness (QED) is 0.901. The highest BCUT2D eigenvalue weighted by Crippen LogP contribution is 2.26. The topological polar surface area (TPSA) is 52.9 Å². The van der Waals surface area contributed by atoms with Crippen LogP contribution in [0.25, 0.3) is 0 Å². The molecule has 2 aromatic carbocycles. The van der Waals surface area contributed by atoms with E-state index in [-0.39, 0.29) is 16.1 Å². The van der Waals surface area contributed by atoms with Crippen LogP contribution >= 0.6 is 23.2 Å². The lowest BCUT2D eigenvalue weighted by atomic mass is 10.1. The van der Waals surface area contributed by atoms with Crippen molar-refractivity contribution in [3.8, 4) is 6.07 Å². The highest BCUT2D eigenvalue weighted by molar-refractivity contribution is 6.36. The third kappa shape index (κ3) is 3.08. The van der Waals surface area contributed by atoms with Gasteiger partial charge >= 0.3 is 0 Å². The number of carbonyl (C=O) groups excluding carboxylic acids is 1. The Morgan fingerprint density at radius 1 is 1.20 bits per heavy atom. The van der Waals surface area contributed by atoms with Crippen LogP contribution < -0.4 is 5.32 Å². The summed E-state index contributed by atoms with van der Waals surface area (Å²) in [5, 5.41) is 11.8. The first-order valence-corrected chi connectivity index (χ1v) is 6.23. The molecule has 0 saturated carbocycles. The maximum Gasteiger partial charge on any atom is 0.258 e. The van der Waals surface area contributed by atoms with Gasteiger partial charge in [-0.1, -0.05) is 23.2 Å². The molecule has 0 atom stereocenters. The molecule has 6 heteroatoms. The van der Waals surface area contributed by atoms with Crippen molar-refractivity contribution in [3.63, 3.8) is 0 Å². The number of nitrogens with one attached hydrogen (secondary N) is 1. The molecule has 0 aromatic heterocycles. The molecule has 3 nitrogen and oxygen atoms in total. The SMILES string of the molecule is N#Cc1ccc(C(=O)Nc2ccc(Cl)cc2Cl)c(F)c1. The fraction of sp³-hybridized carbons (Fsp3) is 0. The number of carbonyl (C=O) groups is 1. The van der Waals surface area contributed by atoms with Crippen LogP contribution in [-0.4, -0.2) is 5.91 Å². The summed E-state index contributed by atoms with van der Waals surface area (Å²) in [5.74, 6) is -1.43. The Morgan fingerprint density at radius 3 is 2.55 bits per heavy atom. The molecule has 0 bridgehead atoms. The van der Waals surface area contributed by atoms with E-state index in [0.717, 1.165) is 6.07 Å². The lowest BCUT2D eigenvalue weighted by Gasteiger charge is -2.08. The van der Waals surface area contributed by atoms with Crippen LogP contribution in [0, 0.1) is 17.1 Å². The number of nitrogens with zero attached hydrogens (tertiary/aromatic N) is 1. The van der Waals surface area contributed by atoms with E-state index in [0.29, 0.717) is 10.7 Å². The van der Waals surface area contributed by atoms with Crippen molar-refractivity contribution in [2.45, 2.75) is 0 Å². The molecule has 100 valence electrons. The van der Waals surface area contributed by atoms with Crippen molar-refractivity contribution < 1.29 is 9.18 Å². The molecule has 0 fully saturated rings. The molecule has 0 aliphatic heterocycles. The largest absolute Gasteiger partial charge is 0.321 e. The second kappa shape index (κ2) is 5.91. The zero-order valence-corrected chi connectivity index (χ0v) is 11.5. The van der Waals surface area contributed by atoms with Crippen molar-refractivity contribution in [3.05, 3.63) is 63.4 Å². The summed E-state index contributed by atoms with van der Waals surface area (Å²) < 4.78 is 13.7. The Labute approximate surface area is 124 Å². The van der Waals surface area contributed by atoms with Crippen molar-refractivity contribution >= 4 is 34.8 Å². The van der Waals surface area contributed by atoms with E-state index < -0.39 is 11.7 Å². The second-order valence-corrected chi connectivity index (χ2v) is 4.73. The number of rotatable bonds is 2. The zero-order chi connectivity index (χ0) is 14.7. The van der Waals surface area contributed by atoms with Crippen LogP contribution in [-0.2, 0) is 0 Å². The Bertz CT molecular complexity index is 726. The smallest absolute Gasteiger partial charge is 0.258 e. The normalized spacial score (nSPS) is 9.90. The first-order chi connectivity index (χ1) is 9.51. The summed E-state index contributed by atoms with van der Waals surface area (Å²) in [4.78, 5) is 11.9. The van der Waals surface area contributed by atoms with Gasteiger partial charge in [-0.25, -0.2) is 4.39 Å². The molecule has 0 saturated heterocycles. The minimum absolute atomic E-state index is 0.142. The summed E-state index contributed by atoms with van der Waals surface area (Å²) in [5.41, 5.74) is 0.295. The second-order valence-electron chi connectivity index (χ2n) is 3.88. The van der Waals surface area contributed by atoms with Crippen LogP contribution in [0.2, 0.25) is 10.0 Å². The number of nitriles is 1. The standard InChI is InChI=1S/C14H7Cl2FN2O/c15-9-2-4-13(11(16)6-9)19-14(20)10-3-1-8(7-18)5-12(10)17/h1-6H,(H,19,20). The van der Waals surface area contributed by atoms with E-state index in [1.165, 1.54) is 24.3 Å². The molecule has 0 radical (unpaired) electrons. The maximum absolute atomic E-state index is 13.7. The highest BCUT2D eigenvalue weighted by Gasteiger charge is 2.14. The van der Waals surface area contributed by atoms with Gasteiger partial charge in [0.2, 0.25) is 0 Å². The van der Waals surface area contributed by atoms with Gasteiger partial charge in [0.05, 0.1) is 27.9 Å². The molecule has 1 N–H and O–H groups in total. The van der Waals surface area contributed by atoms with Crippen LogP contribution in [0.5, 0.6) is 0 Å². The minimum atomic E-state index is -0.772. The van der Waals surface area contributed by atoms with Crippen LogP contribution in [0.3, 0.4) is 0 Å². The van der Waals surface area contributed by atoms with E-state index in [2.05, 4.69) is 5.32 Å². The fourth-order valence-corrected chi connectivity index (χ4v) is 2.01. The van der Waals surface area contributed by atoms with E-state index >= 15 is 0 Å². The average Bonchev–Trinajstić information content (AvgIpc) is 2.41. The molecule has 0 unspecified atom stereocenters. The molecule has 1 amide bonds. The molecule has 0 spiro atoms. The van der Waals surface area contributed by atoms with Crippen molar-refractivity contribution in [1.82, 2.24) is 0 Å². The maximum atomic E-state index is 13.7. The van der Waals surface area contributed by atoms with E-state index in [1.807, 2.05) is 0 Å². The Hall–Kier alpha value is -2.09. The number of hydrogen-bond donors (Lipinski definition) is 1. The summed E-state index contributed by atoms with van der Waals surface area (Å²) in [7, 11) is 0. The van der Waals surface area contributed by atoms with Gasteiger partial charge in [-0.15, -0.1) is 0 Å². The number of anilines is 1. The highest BCUT2D eigenvalue weighted by atomic mass is 35.5. The average molecular weight is 309 g/mol. The van der Waals surface area contributed by atoms with Crippen molar-refractivity contribution in [1.29, 1.82) is 5.26 Å². The first kappa shape index (κ1) is 14.3. The molecular formula is C14H7Cl2FN2O. The predicted octanol–water partition coefficient (Wildman–Crippen LogP) is 4.26. The van der Waals surface area contributed by atoms with Gasteiger partial charge in [0, 0.05) is 5.02 Å². The Kier molecular flexibility index (Phi) is 4.23. The first-order valence-electron chi connectivity index (χ1n) is 5.47. The number of halogens is 3. The molecule has 20 heavy (non-hydrogen) atoms. The third-order valence-corrected chi connectivity index (χ3v) is 3.07. The summed E-state index contributed by atoms with van der Waals surface area (Å²) >= 11 is 11.7. The van der Waals surface area contributed by atoms with Gasteiger partial charge in [-0.2, -0.15) is 5.26 Å². The molecular weight excluding hydrogens is 302 g/mol. The summed E-state index contributed by atoms with van der Waals surface area (Å²) in [6.07, 6.45) is 0. The van der Waals surface area contributed by atoms with Gasteiger partial charge in [-0.3, -0.25) is 4.79 Å². The number of amides is 1. The van der Waals surface area contributed by atoms with Gasteiger partial charge < -0.3 is 5.32 Å². The Morgan fingerprint density at radius 2 is 1.95 bits per heavy atom. The lowest BCUT2D eigenvalue weighted by Crippen LogP contribution is -2.14. The van der Waals surface area contributed by atoms with E-state index in [1.54, 1.807) is 12.1 Å². The van der Waals surface area contributed by atoms with Gasteiger partial charge in [-0.05, 0) is 36.4 Å². The van der Waals surface area contributed by atoms with Crippen LogP contribution in [0.15, 0.2) is 36.4 Å². The monoisotopic (exact) mass is 308 g/mol. The van der Waals surface area contributed by atoms with Gasteiger partial charge in [0.25, 0.3) is 5.91 Å². The molecule has 2 rings (SSSR count). The molecule has 0 aliphatic rings. The van der Waals surface area contributed by atoms with Gasteiger partial charge in [0.15, 0.2) is 0 Å². The molecule has 0 aliphatic carbocycles. The van der Waals surface area contributed by atoms with Gasteiger partial charge in [0.1, 0.15) is 5.82 Å². The lowest BCUT2D eigenvalue weighted by molar-refractivity contribution is 0.102. The minimum Gasteiger partial charge on any atom is -0.321 e. The Balaban J connectivity index is 2.26. The molecule has 2 aromatic rings. The summed E-state index contributed by atoms with van der Waals surface area (Å²) in [6.45, 7) is 0. The zero-order valence-electron chi connectivity index (χ0n) is 9.95.